The van der Waals surface area contributed by atoms with E-state index in [1.807, 2.05) is 0 Å². The third-order valence-electron chi connectivity index (χ3n) is 6.60. The molecule has 0 amide bonds. The fourth-order valence-electron chi connectivity index (χ4n) is 4.47. The van der Waals surface area contributed by atoms with Crippen molar-refractivity contribution in [2.75, 3.05) is 13.2 Å². The highest BCUT2D eigenvalue weighted by Gasteiger charge is 2.38. The second-order valence-corrected chi connectivity index (χ2v) is 9.80. The highest BCUT2D eigenvalue weighted by Crippen LogP contribution is 2.44. The van der Waals surface area contributed by atoms with Crippen LogP contribution in [0.15, 0.2) is 30.3 Å². The lowest BCUT2D eigenvalue weighted by Gasteiger charge is -2.37. The van der Waals surface area contributed by atoms with Crippen LogP contribution in [0.5, 0.6) is 5.75 Å². The normalized spacial score (nSPS) is 20.8. The molecule has 0 bridgehead atoms. The second kappa shape index (κ2) is 8.60. The number of halogens is 3. The van der Waals surface area contributed by atoms with E-state index in [9.17, 15) is 23.4 Å². The largest absolute Gasteiger partial charge is 0.490 e. The first-order valence-electron chi connectivity index (χ1n) is 10.7. The molecule has 0 unspecified atom stereocenters. The highest BCUT2D eigenvalue weighted by molar-refractivity contribution is 5.89. The number of rotatable bonds is 5. The van der Waals surface area contributed by atoms with E-state index in [1.165, 1.54) is 24.3 Å². The zero-order chi connectivity index (χ0) is 23.0. The molecule has 0 saturated heterocycles. The van der Waals surface area contributed by atoms with E-state index in [0.717, 1.165) is 25.7 Å². The van der Waals surface area contributed by atoms with Crippen LogP contribution in [0.1, 0.15) is 57.6 Å². The van der Waals surface area contributed by atoms with Gasteiger partial charge in [-0.05, 0) is 65.5 Å². The van der Waals surface area contributed by atoms with Gasteiger partial charge in [0.1, 0.15) is 11.3 Å². The Hall–Kier alpha value is -1.83. The van der Waals surface area contributed by atoms with Crippen molar-refractivity contribution in [3.63, 3.8) is 0 Å². The number of alkyl halides is 3. The van der Waals surface area contributed by atoms with E-state index < -0.39 is 30.5 Å². The van der Waals surface area contributed by atoms with Gasteiger partial charge in [-0.1, -0.05) is 39.0 Å². The van der Waals surface area contributed by atoms with Crippen molar-refractivity contribution in [3.05, 3.63) is 41.5 Å². The predicted octanol–water partition coefficient (Wildman–Crippen LogP) is 4.98. The van der Waals surface area contributed by atoms with Crippen LogP contribution < -0.4 is 10.5 Å². The molecule has 0 spiro atoms. The molecule has 0 aliphatic heterocycles. The number of hydrogen-bond donors (Lipinski definition) is 3. The lowest BCUT2D eigenvalue weighted by Crippen LogP contribution is -2.44. The number of aliphatic hydroxyl groups is 2. The molecule has 1 aliphatic carbocycles. The Morgan fingerprint density at radius 2 is 1.58 bits per heavy atom. The predicted molar refractivity (Wildman–Crippen MR) is 115 cm³/mol. The summed E-state index contributed by atoms with van der Waals surface area (Å²) in [5.74, 6) is 0.384. The number of fused-ring (bicyclic) bond motifs is 1. The Balaban J connectivity index is 1.94. The molecule has 0 radical (unpaired) electrons. The maximum absolute atomic E-state index is 14.0. The topological polar surface area (TPSA) is 75.7 Å². The van der Waals surface area contributed by atoms with Crippen LogP contribution >= 0.6 is 0 Å². The number of ether oxygens (including phenoxy) is 1. The SMILES string of the molecule is CC(C)(C)[C@H]1CC[C@H](Oc2ccc3cc(C(N)(CO)CO)ccc3c2C(F)(F)F)CC1. The Morgan fingerprint density at radius 3 is 2.10 bits per heavy atom. The third kappa shape index (κ3) is 4.99. The van der Waals surface area contributed by atoms with E-state index >= 15 is 0 Å². The van der Waals surface area contributed by atoms with E-state index in [1.54, 1.807) is 6.07 Å². The van der Waals surface area contributed by atoms with Crippen molar-refractivity contribution >= 4 is 10.8 Å². The summed E-state index contributed by atoms with van der Waals surface area (Å²) in [6.45, 7) is 5.53. The van der Waals surface area contributed by atoms with Gasteiger partial charge in [0.25, 0.3) is 0 Å². The molecular weight excluding hydrogens is 407 g/mol. The zero-order valence-electron chi connectivity index (χ0n) is 18.3. The molecule has 1 aliphatic rings. The number of aliphatic hydroxyl groups excluding tert-OH is 2. The summed E-state index contributed by atoms with van der Waals surface area (Å²) in [6.07, 6.45) is -1.48. The van der Waals surface area contributed by atoms with E-state index in [-0.39, 0.29) is 22.7 Å². The molecule has 4 nitrogen and oxygen atoms in total. The molecular formula is C24H32F3NO3. The van der Waals surface area contributed by atoms with Gasteiger partial charge in [-0.2, -0.15) is 13.2 Å². The average molecular weight is 440 g/mol. The third-order valence-corrected chi connectivity index (χ3v) is 6.60. The van der Waals surface area contributed by atoms with Crippen LogP contribution in [0, 0.1) is 11.3 Å². The Kier molecular flexibility index (Phi) is 6.61. The van der Waals surface area contributed by atoms with Gasteiger partial charge < -0.3 is 20.7 Å². The van der Waals surface area contributed by atoms with Crippen molar-refractivity contribution in [1.29, 1.82) is 0 Å². The first kappa shape index (κ1) is 23.8. The lowest BCUT2D eigenvalue weighted by molar-refractivity contribution is -0.138. The summed E-state index contributed by atoms with van der Waals surface area (Å²) in [5, 5.41) is 19.3. The maximum Gasteiger partial charge on any atom is 0.420 e. The quantitative estimate of drug-likeness (QED) is 0.614. The molecule has 0 aromatic heterocycles. The standard InChI is InChI=1S/C24H32F3NO3/c1-22(2,3)16-5-8-18(9-6-16)31-20-11-4-15-12-17(23(28,13-29)14-30)7-10-19(15)21(20)24(25,26)27/h4,7,10-12,16,18,29-30H,5-6,8-9,13-14,28H2,1-3H3/t16-,18-. The van der Waals surface area contributed by atoms with Gasteiger partial charge >= 0.3 is 6.18 Å². The van der Waals surface area contributed by atoms with Crippen molar-refractivity contribution in [2.24, 2.45) is 17.1 Å². The number of benzene rings is 2. The molecule has 2 aromatic carbocycles. The molecule has 3 rings (SSSR count). The fraction of sp³-hybridized carbons (Fsp3) is 0.583. The van der Waals surface area contributed by atoms with Gasteiger partial charge in [0.05, 0.1) is 24.9 Å². The van der Waals surface area contributed by atoms with Crippen LogP contribution in [-0.2, 0) is 11.7 Å². The van der Waals surface area contributed by atoms with Crippen LogP contribution in [0.25, 0.3) is 10.8 Å². The minimum Gasteiger partial charge on any atom is -0.490 e. The summed E-state index contributed by atoms with van der Waals surface area (Å²) in [7, 11) is 0. The van der Waals surface area contributed by atoms with Gasteiger partial charge in [0.2, 0.25) is 0 Å². The summed E-state index contributed by atoms with van der Waals surface area (Å²) in [4.78, 5) is 0. The van der Waals surface area contributed by atoms with Crippen molar-refractivity contribution in [1.82, 2.24) is 0 Å². The van der Waals surface area contributed by atoms with Gasteiger partial charge in [0.15, 0.2) is 0 Å². The van der Waals surface area contributed by atoms with Crippen molar-refractivity contribution in [3.8, 4) is 5.75 Å². The summed E-state index contributed by atoms with van der Waals surface area (Å²) in [5.41, 5.74) is 4.31. The molecule has 7 heteroatoms. The lowest BCUT2D eigenvalue weighted by atomic mass is 9.72. The van der Waals surface area contributed by atoms with Gasteiger partial charge in [-0.3, -0.25) is 0 Å². The van der Waals surface area contributed by atoms with E-state index in [0.29, 0.717) is 16.9 Å². The molecule has 172 valence electrons. The molecule has 31 heavy (non-hydrogen) atoms. The van der Waals surface area contributed by atoms with Crippen LogP contribution in [-0.4, -0.2) is 29.5 Å². The van der Waals surface area contributed by atoms with Crippen molar-refractivity contribution < 1.29 is 28.1 Å². The molecule has 4 N–H and O–H groups in total. The molecule has 0 heterocycles. The monoisotopic (exact) mass is 439 g/mol. The first-order valence-corrected chi connectivity index (χ1v) is 10.7. The summed E-state index contributed by atoms with van der Waals surface area (Å²) in [6, 6.07) is 7.17. The highest BCUT2D eigenvalue weighted by atomic mass is 19.4. The minimum absolute atomic E-state index is 0.00959. The second-order valence-electron chi connectivity index (χ2n) is 9.80. The van der Waals surface area contributed by atoms with Crippen LogP contribution in [0.2, 0.25) is 0 Å². The van der Waals surface area contributed by atoms with Crippen molar-refractivity contribution in [2.45, 2.75) is 64.3 Å². The first-order chi connectivity index (χ1) is 14.4. The maximum atomic E-state index is 14.0. The fourth-order valence-corrected chi connectivity index (χ4v) is 4.47. The Labute approximate surface area is 181 Å². The molecule has 1 saturated carbocycles. The summed E-state index contributed by atoms with van der Waals surface area (Å²) >= 11 is 0. The van der Waals surface area contributed by atoms with Gasteiger partial charge in [-0.25, -0.2) is 0 Å². The smallest absolute Gasteiger partial charge is 0.420 e. The summed E-state index contributed by atoms with van der Waals surface area (Å²) < 4.78 is 48.0. The van der Waals surface area contributed by atoms with Gasteiger partial charge in [0, 0.05) is 0 Å². The Morgan fingerprint density at radius 1 is 0.968 bits per heavy atom. The average Bonchev–Trinajstić information content (AvgIpc) is 2.71. The van der Waals surface area contributed by atoms with E-state index in [4.69, 9.17) is 10.5 Å². The van der Waals surface area contributed by atoms with E-state index in [2.05, 4.69) is 20.8 Å². The number of nitrogens with two attached hydrogens (primary N) is 1. The van der Waals surface area contributed by atoms with Gasteiger partial charge in [-0.15, -0.1) is 0 Å². The minimum atomic E-state index is -4.59. The molecule has 1 fully saturated rings. The zero-order valence-corrected chi connectivity index (χ0v) is 18.3. The molecule has 2 aromatic rings. The Bertz CT molecular complexity index is 909. The molecule has 0 atom stereocenters. The van der Waals surface area contributed by atoms with Crippen LogP contribution in [0.3, 0.4) is 0 Å². The number of hydrogen-bond acceptors (Lipinski definition) is 4. The van der Waals surface area contributed by atoms with Crippen LogP contribution in [0.4, 0.5) is 13.2 Å².